The number of quaternary nitrogens is 1. The molecule has 4 N–H and O–H groups in total. The molecule has 146 valence electrons. The second-order valence-electron chi connectivity index (χ2n) is 6.53. The number of fused-ring (bicyclic) bond motifs is 1. The van der Waals surface area contributed by atoms with Gasteiger partial charge in [-0.2, -0.15) is 0 Å². The molecule has 0 radical (unpaired) electrons. The molecule has 1 aromatic heterocycles. The van der Waals surface area contributed by atoms with E-state index in [1.54, 1.807) is 12.1 Å². The maximum Gasteiger partial charge on any atom is 0.270 e. The molecule has 9 heteroatoms. The number of thiophene rings is 1. The van der Waals surface area contributed by atoms with Gasteiger partial charge in [-0.3, -0.25) is 19.7 Å². The molecule has 1 unspecified atom stereocenters. The maximum absolute atomic E-state index is 12.3. The lowest BCUT2D eigenvalue weighted by molar-refractivity contribution is -0.913. The van der Waals surface area contributed by atoms with Crippen molar-refractivity contribution >= 4 is 39.9 Å². The summed E-state index contributed by atoms with van der Waals surface area (Å²) < 4.78 is 0. The minimum Gasteiger partial charge on any atom is -0.365 e. The lowest BCUT2D eigenvalue weighted by Gasteiger charge is -2.22. The van der Waals surface area contributed by atoms with Gasteiger partial charge >= 0.3 is 0 Å². The van der Waals surface area contributed by atoms with Gasteiger partial charge in [0.15, 0.2) is 0 Å². The van der Waals surface area contributed by atoms with Crippen LogP contribution < -0.4 is 16.0 Å². The van der Waals surface area contributed by atoms with E-state index in [0.717, 1.165) is 36.5 Å². The Morgan fingerprint density at radius 2 is 2.21 bits per heavy atom. The molecule has 0 aliphatic carbocycles. The molecular formula is C19H21N4O4S+. The molecular weight excluding hydrogens is 380 g/mol. The monoisotopic (exact) mass is 401 g/mol. The number of nitro groups is 1. The van der Waals surface area contributed by atoms with E-state index in [2.05, 4.69) is 12.2 Å². The number of benzene rings is 1. The summed E-state index contributed by atoms with van der Waals surface area (Å²) in [6.45, 7) is 4.86. The van der Waals surface area contributed by atoms with Crippen molar-refractivity contribution in [3.8, 4) is 0 Å². The fourth-order valence-corrected chi connectivity index (χ4v) is 4.58. The van der Waals surface area contributed by atoms with Crippen molar-refractivity contribution < 1.29 is 19.4 Å². The smallest absolute Gasteiger partial charge is 0.270 e. The Hall–Kier alpha value is -3.04. The summed E-state index contributed by atoms with van der Waals surface area (Å²) in [6.07, 6.45) is 3.53. The molecule has 2 amide bonds. The van der Waals surface area contributed by atoms with E-state index in [-0.39, 0.29) is 5.69 Å². The Morgan fingerprint density at radius 1 is 1.43 bits per heavy atom. The minimum absolute atomic E-state index is 0.0486. The molecule has 1 aliphatic rings. The first-order valence-electron chi connectivity index (χ1n) is 8.90. The highest BCUT2D eigenvalue weighted by molar-refractivity contribution is 7.17. The van der Waals surface area contributed by atoms with Gasteiger partial charge in [0.1, 0.15) is 11.5 Å². The Labute approximate surface area is 165 Å². The van der Waals surface area contributed by atoms with Crippen LogP contribution in [0.5, 0.6) is 0 Å². The maximum atomic E-state index is 12.3. The van der Waals surface area contributed by atoms with Crippen LogP contribution in [-0.4, -0.2) is 29.8 Å². The van der Waals surface area contributed by atoms with E-state index in [0.29, 0.717) is 16.1 Å². The SMILES string of the molecule is CC[NH+]1CCc2c(sc(NC(=O)/C=C\c3cccc([N+](=O)[O-])c3)c2C(N)=O)C1. The predicted molar refractivity (Wildman–Crippen MR) is 107 cm³/mol. The Morgan fingerprint density at radius 3 is 2.89 bits per heavy atom. The Balaban J connectivity index is 1.79. The number of non-ortho nitro benzene ring substituents is 1. The molecule has 1 atom stereocenters. The molecule has 2 aromatic rings. The van der Waals surface area contributed by atoms with E-state index in [4.69, 9.17) is 5.73 Å². The van der Waals surface area contributed by atoms with Gasteiger partial charge in [0.25, 0.3) is 11.6 Å². The fraction of sp³-hybridized carbons (Fsp3) is 0.263. The largest absolute Gasteiger partial charge is 0.365 e. The summed E-state index contributed by atoms with van der Waals surface area (Å²) >= 11 is 1.39. The van der Waals surface area contributed by atoms with Crippen molar-refractivity contribution in [1.29, 1.82) is 0 Å². The molecule has 1 aromatic carbocycles. The van der Waals surface area contributed by atoms with Crippen LogP contribution in [0.25, 0.3) is 6.08 Å². The number of likely N-dealkylation sites (N-methyl/N-ethyl adjacent to an activating group) is 1. The lowest BCUT2D eigenvalue weighted by Crippen LogP contribution is -3.11. The molecule has 2 heterocycles. The standard InChI is InChI=1S/C19H20N4O4S/c1-2-22-9-8-14-15(11-22)28-19(17(14)18(20)25)21-16(24)7-6-12-4-3-5-13(10-12)23(26)27/h3-7,10H,2,8-9,11H2,1H3,(H2,20,25)(H,21,24)/p+1/b7-6-. The number of nitro benzene ring substituents is 1. The summed E-state index contributed by atoms with van der Waals surface area (Å²) in [7, 11) is 0. The van der Waals surface area contributed by atoms with Gasteiger partial charge in [0, 0.05) is 24.6 Å². The summed E-state index contributed by atoms with van der Waals surface area (Å²) in [5.41, 5.74) is 7.38. The number of hydrogen-bond acceptors (Lipinski definition) is 5. The first kappa shape index (κ1) is 19.7. The summed E-state index contributed by atoms with van der Waals surface area (Å²) in [5.74, 6) is -0.970. The van der Waals surface area contributed by atoms with Gasteiger partial charge < -0.3 is 16.0 Å². The molecule has 0 saturated heterocycles. The van der Waals surface area contributed by atoms with E-state index >= 15 is 0 Å². The molecule has 0 saturated carbocycles. The lowest BCUT2D eigenvalue weighted by atomic mass is 10.0. The van der Waals surface area contributed by atoms with Crippen LogP contribution in [0.15, 0.2) is 30.3 Å². The molecule has 0 bridgehead atoms. The average molecular weight is 401 g/mol. The van der Waals surface area contributed by atoms with Gasteiger partial charge in [-0.1, -0.05) is 12.1 Å². The molecule has 3 rings (SSSR count). The van der Waals surface area contributed by atoms with Crippen molar-refractivity contribution in [2.45, 2.75) is 19.9 Å². The first-order valence-corrected chi connectivity index (χ1v) is 9.72. The highest BCUT2D eigenvalue weighted by Gasteiger charge is 2.28. The number of anilines is 1. The number of primary amides is 1. The van der Waals surface area contributed by atoms with E-state index in [9.17, 15) is 19.7 Å². The molecule has 1 aliphatic heterocycles. The Kier molecular flexibility index (Phi) is 5.86. The van der Waals surface area contributed by atoms with Gasteiger partial charge in [0.05, 0.1) is 28.5 Å². The third-order valence-corrected chi connectivity index (χ3v) is 5.87. The van der Waals surface area contributed by atoms with Crippen LogP contribution in [0.4, 0.5) is 10.7 Å². The summed E-state index contributed by atoms with van der Waals surface area (Å²) in [4.78, 5) is 37.1. The number of nitrogens with two attached hydrogens (primary N) is 1. The number of hydrogen-bond donors (Lipinski definition) is 3. The topological polar surface area (TPSA) is 120 Å². The summed E-state index contributed by atoms with van der Waals surface area (Å²) in [6, 6.07) is 5.98. The summed E-state index contributed by atoms with van der Waals surface area (Å²) in [5, 5.41) is 14.0. The normalized spacial score (nSPS) is 16.0. The minimum atomic E-state index is -0.546. The average Bonchev–Trinajstić information content (AvgIpc) is 3.03. The number of rotatable bonds is 6. The molecule has 0 fully saturated rings. The van der Waals surface area contributed by atoms with Gasteiger partial charge in [-0.15, -0.1) is 11.3 Å². The number of carbonyl (C=O) groups is 2. The third-order valence-electron chi connectivity index (χ3n) is 4.72. The predicted octanol–water partition coefficient (Wildman–Crippen LogP) is 1.37. The van der Waals surface area contributed by atoms with Crippen LogP contribution in [0.1, 0.15) is 33.3 Å². The number of nitrogens with one attached hydrogen (secondary N) is 2. The number of carbonyl (C=O) groups excluding carboxylic acids is 2. The van der Waals surface area contributed by atoms with Crippen LogP contribution in [0.3, 0.4) is 0 Å². The second kappa shape index (κ2) is 8.32. The van der Waals surface area contributed by atoms with Gasteiger partial charge in [-0.25, -0.2) is 0 Å². The molecule has 0 spiro atoms. The van der Waals surface area contributed by atoms with Crippen LogP contribution in [-0.2, 0) is 17.8 Å². The molecule has 28 heavy (non-hydrogen) atoms. The van der Waals surface area contributed by atoms with E-state index in [1.807, 2.05) is 0 Å². The Bertz CT molecular complexity index is 967. The van der Waals surface area contributed by atoms with Gasteiger partial charge in [0.2, 0.25) is 5.91 Å². The van der Waals surface area contributed by atoms with Crippen LogP contribution >= 0.6 is 11.3 Å². The van der Waals surface area contributed by atoms with Gasteiger partial charge in [-0.05, 0) is 24.1 Å². The quantitative estimate of drug-likeness (QED) is 0.385. The van der Waals surface area contributed by atoms with Crippen LogP contribution in [0.2, 0.25) is 0 Å². The highest BCUT2D eigenvalue weighted by atomic mass is 32.1. The zero-order valence-electron chi connectivity index (χ0n) is 15.4. The zero-order valence-corrected chi connectivity index (χ0v) is 16.2. The van der Waals surface area contributed by atoms with Crippen molar-refractivity contribution in [3.05, 3.63) is 62.0 Å². The van der Waals surface area contributed by atoms with Crippen molar-refractivity contribution in [1.82, 2.24) is 0 Å². The van der Waals surface area contributed by atoms with E-state index in [1.165, 1.54) is 40.5 Å². The van der Waals surface area contributed by atoms with E-state index < -0.39 is 16.7 Å². The van der Waals surface area contributed by atoms with Crippen molar-refractivity contribution in [2.75, 3.05) is 18.4 Å². The van der Waals surface area contributed by atoms with Crippen molar-refractivity contribution in [3.63, 3.8) is 0 Å². The molecule has 8 nitrogen and oxygen atoms in total. The number of amides is 2. The van der Waals surface area contributed by atoms with Crippen molar-refractivity contribution in [2.24, 2.45) is 5.73 Å². The second-order valence-corrected chi connectivity index (χ2v) is 7.63. The van der Waals surface area contributed by atoms with Crippen LogP contribution in [0, 0.1) is 10.1 Å². The zero-order chi connectivity index (χ0) is 20.3. The fourth-order valence-electron chi connectivity index (χ4n) is 3.25. The number of nitrogens with zero attached hydrogens (tertiary/aromatic N) is 1. The first-order chi connectivity index (χ1) is 13.4. The third kappa shape index (κ3) is 4.26. The highest BCUT2D eigenvalue weighted by Crippen LogP contribution is 2.34.